The molecule has 1 aliphatic heterocycles. The fourth-order valence-electron chi connectivity index (χ4n) is 4.17. The second-order valence-corrected chi connectivity index (χ2v) is 8.68. The quantitative estimate of drug-likeness (QED) is 0.531. The molecule has 4 rings (SSSR count). The van der Waals surface area contributed by atoms with Gasteiger partial charge in [-0.1, -0.05) is 30.7 Å². The van der Waals surface area contributed by atoms with Crippen molar-refractivity contribution in [1.82, 2.24) is 24.2 Å². The van der Waals surface area contributed by atoms with Gasteiger partial charge in [0.25, 0.3) is 0 Å². The monoisotopic (exact) mass is 500 g/mol. The van der Waals surface area contributed by atoms with Crippen LogP contribution in [0.5, 0.6) is 0 Å². The van der Waals surface area contributed by atoms with Gasteiger partial charge in [0.15, 0.2) is 0 Å². The average molecular weight is 501 g/mol. The Morgan fingerprint density at radius 1 is 1.11 bits per heavy atom. The van der Waals surface area contributed by atoms with Crippen LogP contribution in [0.1, 0.15) is 38.0 Å². The summed E-state index contributed by atoms with van der Waals surface area (Å²) in [6.45, 7) is 6.45. The highest BCUT2D eigenvalue weighted by atomic mass is 35.5. The fourth-order valence-corrected chi connectivity index (χ4v) is 4.30. The van der Waals surface area contributed by atoms with Crippen molar-refractivity contribution in [2.24, 2.45) is 0 Å². The first-order valence-electron chi connectivity index (χ1n) is 11.7. The van der Waals surface area contributed by atoms with Gasteiger partial charge in [0, 0.05) is 31.2 Å². The number of rotatable bonds is 7. The number of halogens is 1. The van der Waals surface area contributed by atoms with Crippen LogP contribution in [0.25, 0.3) is 5.69 Å². The first-order valence-corrected chi connectivity index (χ1v) is 12.0. The Hall–Kier alpha value is -3.37. The maximum Gasteiger partial charge on any atom is 0.409 e. The molecule has 0 saturated carbocycles. The maximum atomic E-state index is 13.1. The zero-order chi connectivity index (χ0) is 24.9. The molecule has 0 radical (unpaired) electrons. The van der Waals surface area contributed by atoms with Crippen molar-refractivity contribution in [3.63, 3.8) is 0 Å². The summed E-state index contributed by atoms with van der Waals surface area (Å²) >= 11 is 5.95. The van der Waals surface area contributed by atoms with Crippen molar-refractivity contribution >= 4 is 23.5 Å². The minimum absolute atomic E-state index is 0.293. The number of aliphatic hydroxyl groups is 1. The van der Waals surface area contributed by atoms with E-state index in [9.17, 15) is 14.7 Å². The topological polar surface area (TPSA) is 106 Å². The van der Waals surface area contributed by atoms with E-state index in [0.717, 1.165) is 5.82 Å². The van der Waals surface area contributed by atoms with Gasteiger partial charge in [-0.25, -0.2) is 23.8 Å². The smallest absolute Gasteiger partial charge is 0.409 e. The van der Waals surface area contributed by atoms with Crippen LogP contribution < -0.4 is 10.6 Å². The zero-order valence-corrected chi connectivity index (χ0v) is 20.5. The third-order valence-electron chi connectivity index (χ3n) is 6.14. The molecule has 2 unspecified atom stereocenters. The van der Waals surface area contributed by atoms with Crippen LogP contribution in [0.15, 0.2) is 53.7 Å². The Labute approximate surface area is 208 Å². The number of ether oxygens (including phenoxy) is 1. The summed E-state index contributed by atoms with van der Waals surface area (Å²) in [6, 6.07) is 10.0. The van der Waals surface area contributed by atoms with Gasteiger partial charge in [-0.05, 0) is 43.2 Å². The molecule has 0 spiro atoms. The van der Waals surface area contributed by atoms with E-state index in [0.29, 0.717) is 55.5 Å². The number of carbonyl (C=O) groups is 1. The van der Waals surface area contributed by atoms with E-state index in [1.807, 2.05) is 19.1 Å². The molecule has 11 heteroatoms. The largest absolute Gasteiger partial charge is 0.450 e. The predicted octanol–water partition coefficient (Wildman–Crippen LogP) is 3.05. The third-order valence-corrected chi connectivity index (χ3v) is 6.39. The number of carbonyl (C=O) groups excluding carboxylic acids is 1. The van der Waals surface area contributed by atoms with Gasteiger partial charge < -0.3 is 19.6 Å². The molecule has 1 aliphatic rings. The van der Waals surface area contributed by atoms with Crippen LogP contribution in [-0.4, -0.2) is 68.2 Å². The normalized spacial score (nSPS) is 15.7. The van der Waals surface area contributed by atoms with Gasteiger partial charge in [-0.3, -0.25) is 0 Å². The van der Waals surface area contributed by atoms with Gasteiger partial charge in [-0.2, -0.15) is 5.10 Å². The molecule has 3 aromatic rings. The Morgan fingerprint density at radius 3 is 2.43 bits per heavy atom. The molecular weight excluding hydrogens is 472 g/mol. The lowest BCUT2D eigenvalue weighted by Crippen LogP contribution is -2.49. The Morgan fingerprint density at radius 2 is 1.83 bits per heavy atom. The van der Waals surface area contributed by atoms with E-state index >= 15 is 0 Å². The number of aromatic nitrogens is 4. The Kier molecular flexibility index (Phi) is 7.72. The van der Waals surface area contributed by atoms with Crippen LogP contribution in [0.2, 0.25) is 5.02 Å². The van der Waals surface area contributed by atoms with Crippen molar-refractivity contribution in [2.75, 3.05) is 37.7 Å². The van der Waals surface area contributed by atoms with Gasteiger partial charge in [0.1, 0.15) is 18.2 Å². The van der Waals surface area contributed by atoms with Crippen molar-refractivity contribution in [1.29, 1.82) is 0 Å². The molecule has 3 heterocycles. The summed E-state index contributed by atoms with van der Waals surface area (Å²) in [4.78, 5) is 33.3. The Balaban J connectivity index is 1.47. The van der Waals surface area contributed by atoms with Crippen LogP contribution in [-0.2, 0) is 4.74 Å². The average Bonchev–Trinajstić information content (AvgIpc) is 3.26. The van der Waals surface area contributed by atoms with Gasteiger partial charge in [0.2, 0.25) is 0 Å². The fraction of sp³-hybridized carbons (Fsp3) is 0.417. The maximum absolute atomic E-state index is 13.1. The molecule has 0 bridgehead atoms. The number of hydrogen-bond acceptors (Lipinski definition) is 7. The molecule has 1 N–H and O–H groups in total. The van der Waals surface area contributed by atoms with Crippen molar-refractivity contribution in [2.45, 2.75) is 32.4 Å². The number of nitrogens with zero attached hydrogens (tertiary/aromatic N) is 6. The summed E-state index contributed by atoms with van der Waals surface area (Å²) < 4.78 is 7.78. The summed E-state index contributed by atoms with van der Waals surface area (Å²) in [6.07, 6.45) is 2.37. The SMILES string of the molecule is CCOC(=O)N1CCN(c2ccc(-n3cnn(C(CC)C(O)c4ccc(Cl)cc4)c3=O)cn2)CC1. The minimum Gasteiger partial charge on any atom is -0.450 e. The molecule has 1 aromatic carbocycles. The van der Waals surface area contributed by atoms with Crippen LogP contribution in [0.3, 0.4) is 0 Å². The first-order chi connectivity index (χ1) is 16.9. The van der Waals surface area contributed by atoms with Gasteiger partial charge in [0.05, 0.1) is 24.5 Å². The van der Waals surface area contributed by atoms with Crippen molar-refractivity contribution in [3.8, 4) is 5.69 Å². The lowest BCUT2D eigenvalue weighted by Gasteiger charge is -2.34. The number of anilines is 1. The number of amides is 1. The van der Waals surface area contributed by atoms with E-state index in [1.54, 1.807) is 42.3 Å². The molecule has 1 amide bonds. The summed E-state index contributed by atoms with van der Waals surface area (Å²) in [5.74, 6) is 0.766. The van der Waals surface area contributed by atoms with Crippen molar-refractivity contribution in [3.05, 3.63) is 70.0 Å². The second kappa shape index (κ2) is 10.9. The van der Waals surface area contributed by atoms with Gasteiger partial charge >= 0.3 is 11.8 Å². The van der Waals surface area contributed by atoms with E-state index in [1.165, 1.54) is 15.6 Å². The number of pyridine rings is 1. The summed E-state index contributed by atoms with van der Waals surface area (Å²) in [5.41, 5.74) is 0.880. The molecular formula is C24H29ClN6O4. The Bertz CT molecular complexity index is 1190. The van der Waals surface area contributed by atoms with Gasteiger partial charge in [-0.15, -0.1) is 0 Å². The molecule has 186 valence electrons. The van der Waals surface area contributed by atoms with E-state index in [2.05, 4.69) is 15.0 Å². The number of benzene rings is 1. The standard InChI is InChI=1S/C24H29ClN6O4/c1-3-20(22(32)17-5-7-18(25)8-6-17)31-23(33)30(16-27-31)19-9-10-21(26-15-19)28-11-13-29(14-12-28)24(34)35-4-2/h5-10,15-16,20,22,32H,3-4,11-14H2,1-2H3. The lowest BCUT2D eigenvalue weighted by atomic mass is 10.0. The molecule has 10 nitrogen and oxygen atoms in total. The third kappa shape index (κ3) is 5.33. The van der Waals surface area contributed by atoms with Crippen LogP contribution in [0.4, 0.5) is 10.6 Å². The highest BCUT2D eigenvalue weighted by Crippen LogP contribution is 2.28. The molecule has 0 aliphatic carbocycles. The number of piperazine rings is 1. The molecule has 2 atom stereocenters. The minimum atomic E-state index is -0.910. The summed E-state index contributed by atoms with van der Waals surface area (Å²) in [7, 11) is 0. The van der Waals surface area contributed by atoms with Crippen LogP contribution in [0, 0.1) is 0 Å². The first kappa shape index (κ1) is 24.7. The van der Waals surface area contributed by atoms with E-state index in [-0.39, 0.29) is 11.8 Å². The molecule has 35 heavy (non-hydrogen) atoms. The number of hydrogen-bond donors (Lipinski definition) is 1. The molecule has 1 saturated heterocycles. The zero-order valence-electron chi connectivity index (χ0n) is 19.7. The summed E-state index contributed by atoms with van der Waals surface area (Å²) in [5, 5.41) is 15.7. The highest BCUT2D eigenvalue weighted by Gasteiger charge is 2.26. The van der Waals surface area contributed by atoms with Crippen LogP contribution >= 0.6 is 11.6 Å². The lowest BCUT2D eigenvalue weighted by molar-refractivity contribution is 0.101. The van der Waals surface area contributed by atoms with Crippen molar-refractivity contribution < 1.29 is 14.6 Å². The highest BCUT2D eigenvalue weighted by molar-refractivity contribution is 6.30. The van der Waals surface area contributed by atoms with E-state index < -0.39 is 12.1 Å². The number of aliphatic hydroxyl groups excluding tert-OH is 1. The molecule has 1 fully saturated rings. The second-order valence-electron chi connectivity index (χ2n) is 8.25. The predicted molar refractivity (Wildman–Crippen MR) is 132 cm³/mol. The van der Waals surface area contributed by atoms with E-state index in [4.69, 9.17) is 16.3 Å². The molecule has 2 aromatic heterocycles.